The van der Waals surface area contributed by atoms with Crippen molar-refractivity contribution in [2.45, 2.75) is 6.92 Å². The van der Waals surface area contributed by atoms with E-state index >= 15 is 0 Å². The number of amides is 1. The third kappa shape index (κ3) is 3.52. The van der Waals surface area contributed by atoms with Gasteiger partial charge in [0.15, 0.2) is 0 Å². The fourth-order valence-electron chi connectivity index (χ4n) is 1.47. The minimum absolute atomic E-state index is 0.0611. The van der Waals surface area contributed by atoms with E-state index in [1.54, 1.807) is 31.2 Å². The lowest BCUT2D eigenvalue weighted by Gasteiger charge is -2.03. The van der Waals surface area contributed by atoms with E-state index in [0.29, 0.717) is 17.1 Å². The van der Waals surface area contributed by atoms with Crippen LogP contribution in [0.1, 0.15) is 22.1 Å². The van der Waals surface area contributed by atoms with Crippen molar-refractivity contribution in [2.24, 2.45) is 0 Å². The normalized spacial score (nSPS) is 10.7. The smallest absolute Gasteiger partial charge is 0.328 e. The Hall–Kier alpha value is -2.96. The van der Waals surface area contributed by atoms with Crippen molar-refractivity contribution in [3.63, 3.8) is 0 Å². The molecule has 1 amide bonds. The van der Waals surface area contributed by atoms with Gasteiger partial charge in [-0.2, -0.15) is 4.98 Å². The quantitative estimate of drug-likeness (QED) is 0.822. The highest BCUT2D eigenvalue weighted by Gasteiger charge is 2.12. The summed E-state index contributed by atoms with van der Waals surface area (Å²) in [5.41, 5.74) is 1.15. The molecule has 0 saturated carbocycles. The van der Waals surface area contributed by atoms with Crippen LogP contribution in [0.5, 0.6) is 0 Å². The third-order valence-electron chi connectivity index (χ3n) is 2.29. The van der Waals surface area contributed by atoms with E-state index in [1.165, 1.54) is 6.08 Å². The number of carbonyl (C=O) groups is 2. The lowest BCUT2D eigenvalue weighted by Crippen LogP contribution is -2.13. The lowest BCUT2D eigenvalue weighted by molar-refractivity contribution is -0.131. The highest BCUT2D eigenvalue weighted by molar-refractivity contribution is 6.01. The molecule has 1 heterocycles. The average Bonchev–Trinajstić information content (AvgIpc) is 2.84. The van der Waals surface area contributed by atoms with Gasteiger partial charge in [-0.25, -0.2) is 4.79 Å². The molecule has 2 aromatic rings. The number of benzene rings is 1. The van der Waals surface area contributed by atoms with Crippen LogP contribution in [0.25, 0.3) is 6.08 Å². The lowest BCUT2D eigenvalue weighted by atomic mass is 10.2. The first-order chi connectivity index (χ1) is 9.54. The van der Waals surface area contributed by atoms with Crippen molar-refractivity contribution < 1.29 is 19.2 Å². The van der Waals surface area contributed by atoms with Gasteiger partial charge in [-0.1, -0.05) is 17.3 Å². The molecule has 2 rings (SSSR count). The van der Waals surface area contributed by atoms with Gasteiger partial charge < -0.3 is 14.9 Å². The molecular weight excluding hydrogens is 262 g/mol. The number of nitrogens with one attached hydrogen (secondary N) is 1. The predicted molar refractivity (Wildman–Crippen MR) is 70.1 cm³/mol. The van der Waals surface area contributed by atoms with Crippen LogP contribution in [0.2, 0.25) is 0 Å². The van der Waals surface area contributed by atoms with E-state index in [4.69, 9.17) is 9.63 Å². The summed E-state index contributed by atoms with van der Waals surface area (Å²) in [6.07, 6.45) is 2.44. The van der Waals surface area contributed by atoms with Gasteiger partial charge in [0.1, 0.15) is 0 Å². The van der Waals surface area contributed by atoms with Gasteiger partial charge >= 0.3 is 5.97 Å². The van der Waals surface area contributed by atoms with Gasteiger partial charge in [0, 0.05) is 18.7 Å². The number of rotatable bonds is 4. The van der Waals surface area contributed by atoms with Gasteiger partial charge in [0.05, 0.1) is 0 Å². The second-order valence-corrected chi connectivity index (χ2v) is 3.89. The summed E-state index contributed by atoms with van der Waals surface area (Å²) < 4.78 is 4.71. The topological polar surface area (TPSA) is 105 Å². The Kier molecular flexibility index (Phi) is 3.90. The number of anilines is 1. The molecule has 0 radical (unpaired) electrons. The zero-order valence-electron chi connectivity index (χ0n) is 10.5. The monoisotopic (exact) mass is 273 g/mol. The molecule has 7 nitrogen and oxygen atoms in total. The fraction of sp³-hybridized carbons (Fsp3) is 0.0769. The molecule has 7 heteroatoms. The largest absolute Gasteiger partial charge is 0.478 e. The van der Waals surface area contributed by atoms with Crippen molar-refractivity contribution in [1.29, 1.82) is 0 Å². The maximum absolute atomic E-state index is 11.8. The molecule has 102 valence electrons. The van der Waals surface area contributed by atoms with Crippen molar-refractivity contribution >= 4 is 23.6 Å². The van der Waals surface area contributed by atoms with E-state index in [9.17, 15) is 9.59 Å². The molecule has 0 aliphatic rings. The maximum Gasteiger partial charge on any atom is 0.328 e. The molecule has 1 aromatic heterocycles. The zero-order valence-corrected chi connectivity index (χ0v) is 10.5. The minimum atomic E-state index is -1.04. The molecule has 0 fully saturated rings. The molecule has 2 N–H and O–H groups in total. The number of nitrogens with zero attached hydrogens (tertiary/aromatic N) is 2. The summed E-state index contributed by atoms with van der Waals surface area (Å²) in [5, 5.41) is 14.7. The van der Waals surface area contributed by atoms with Gasteiger partial charge in [-0.05, 0) is 23.8 Å². The van der Waals surface area contributed by atoms with Crippen LogP contribution < -0.4 is 5.32 Å². The molecule has 0 unspecified atom stereocenters. The molecule has 0 aliphatic heterocycles. The highest BCUT2D eigenvalue weighted by atomic mass is 16.5. The van der Waals surface area contributed by atoms with Crippen molar-refractivity contribution in [3.8, 4) is 0 Å². The number of carboxylic acid groups (broad SMARTS) is 1. The van der Waals surface area contributed by atoms with E-state index in [1.807, 2.05) is 0 Å². The highest BCUT2D eigenvalue weighted by Crippen LogP contribution is 2.13. The summed E-state index contributed by atoms with van der Waals surface area (Å²) in [7, 11) is 0. The van der Waals surface area contributed by atoms with Crippen LogP contribution in [0.3, 0.4) is 0 Å². The Morgan fingerprint density at radius 3 is 2.85 bits per heavy atom. The van der Waals surface area contributed by atoms with Gasteiger partial charge in [-0.3, -0.25) is 4.79 Å². The molecule has 0 saturated heterocycles. The van der Waals surface area contributed by atoms with Crippen LogP contribution in [0.4, 0.5) is 5.69 Å². The van der Waals surface area contributed by atoms with Gasteiger partial charge in [-0.15, -0.1) is 0 Å². The van der Waals surface area contributed by atoms with Gasteiger partial charge in [0.2, 0.25) is 5.89 Å². The Balaban J connectivity index is 2.11. The number of aromatic nitrogens is 2. The summed E-state index contributed by atoms with van der Waals surface area (Å²) in [6, 6.07) is 6.71. The summed E-state index contributed by atoms with van der Waals surface area (Å²) in [4.78, 5) is 26.0. The average molecular weight is 273 g/mol. The molecule has 0 aliphatic carbocycles. The number of hydrogen-bond donors (Lipinski definition) is 2. The molecule has 0 bridgehead atoms. The Bertz CT molecular complexity index is 676. The van der Waals surface area contributed by atoms with Crippen molar-refractivity contribution in [2.75, 3.05) is 5.32 Å². The number of carbonyl (C=O) groups excluding carboxylic acids is 1. The summed E-state index contributed by atoms with van der Waals surface area (Å²) in [6.45, 7) is 1.58. The first kappa shape index (κ1) is 13.5. The predicted octanol–water partition coefficient (Wildman–Crippen LogP) is 1.73. The second kappa shape index (κ2) is 5.79. The van der Waals surface area contributed by atoms with Crippen LogP contribution in [0.15, 0.2) is 34.9 Å². The van der Waals surface area contributed by atoms with E-state index in [2.05, 4.69) is 15.5 Å². The molecular formula is C13H11N3O4. The van der Waals surface area contributed by atoms with E-state index in [0.717, 1.165) is 6.08 Å². The number of hydrogen-bond acceptors (Lipinski definition) is 5. The molecule has 20 heavy (non-hydrogen) atoms. The first-order valence-electron chi connectivity index (χ1n) is 5.67. The zero-order chi connectivity index (χ0) is 14.5. The second-order valence-electron chi connectivity index (χ2n) is 3.89. The van der Waals surface area contributed by atoms with Crippen LogP contribution in [0, 0.1) is 6.92 Å². The van der Waals surface area contributed by atoms with Crippen LogP contribution in [-0.2, 0) is 4.79 Å². The standard InChI is InChI=1S/C13H11N3O4/c1-8-14-12(16-20-8)13(19)15-10-4-2-3-9(7-10)5-6-11(17)18/h2-7H,1H3,(H,15,19)(H,17,18)/b6-5+. The summed E-state index contributed by atoms with van der Waals surface area (Å²) in [5.74, 6) is -1.30. The van der Waals surface area contributed by atoms with Crippen LogP contribution >= 0.6 is 0 Å². The van der Waals surface area contributed by atoms with Gasteiger partial charge in [0.25, 0.3) is 11.7 Å². The minimum Gasteiger partial charge on any atom is -0.478 e. The van der Waals surface area contributed by atoms with E-state index < -0.39 is 11.9 Å². The third-order valence-corrected chi connectivity index (χ3v) is 2.29. The van der Waals surface area contributed by atoms with Crippen molar-refractivity contribution in [1.82, 2.24) is 10.1 Å². The number of aliphatic carboxylic acids is 1. The SMILES string of the molecule is Cc1nc(C(=O)Nc2cccc(/C=C/C(=O)O)c2)no1. The Morgan fingerprint density at radius 1 is 1.40 bits per heavy atom. The number of aryl methyl sites for hydroxylation is 1. The van der Waals surface area contributed by atoms with Crippen LogP contribution in [-0.4, -0.2) is 27.1 Å². The number of carboxylic acids is 1. The Morgan fingerprint density at radius 2 is 2.20 bits per heavy atom. The Labute approximate surface area is 113 Å². The molecule has 1 aromatic carbocycles. The van der Waals surface area contributed by atoms with E-state index in [-0.39, 0.29) is 5.82 Å². The maximum atomic E-state index is 11.8. The fourth-order valence-corrected chi connectivity index (χ4v) is 1.47. The first-order valence-corrected chi connectivity index (χ1v) is 5.67. The molecule has 0 spiro atoms. The van der Waals surface area contributed by atoms with Crippen molar-refractivity contribution in [3.05, 3.63) is 47.6 Å². The summed E-state index contributed by atoms with van der Waals surface area (Å²) >= 11 is 0. The molecule has 0 atom stereocenters.